The number of aryl methyl sites for hydroxylation is 1. The van der Waals surface area contributed by atoms with Gasteiger partial charge in [-0.1, -0.05) is 25.3 Å². The van der Waals surface area contributed by atoms with Gasteiger partial charge in [-0.3, -0.25) is 4.79 Å². The van der Waals surface area contributed by atoms with Gasteiger partial charge >= 0.3 is 0 Å². The summed E-state index contributed by atoms with van der Waals surface area (Å²) in [6.07, 6.45) is 9.55. The number of hydrogen-bond acceptors (Lipinski definition) is 1. The Morgan fingerprint density at radius 3 is 2.70 bits per heavy atom. The number of H-pyrrole nitrogens is 1. The van der Waals surface area contributed by atoms with E-state index in [-0.39, 0.29) is 0 Å². The fourth-order valence-corrected chi connectivity index (χ4v) is 4.00. The largest absolute Gasteiger partial charge is 0.352 e. The summed E-state index contributed by atoms with van der Waals surface area (Å²) in [7, 11) is 0. The lowest BCUT2D eigenvalue weighted by Crippen LogP contribution is -2.09. The number of ketones is 1. The van der Waals surface area contributed by atoms with Crippen molar-refractivity contribution in [1.82, 2.24) is 4.98 Å². The molecule has 1 saturated carbocycles. The molecule has 2 aromatic rings. The highest BCUT2D eigenvalue weighted by molar-refractivity contribution is 6.03. The number of carbonyl (C=O) groups is 1. The highest BCUT2D eigenvalue weighted by atomic mass is 16.1. The van der Waals surface area contributed by atoms with Crippen molar-refractivity contribution in [2.75, 3.05) is 0 Å². The molecule has 0 atom stereocenters. The number of nitrogens with one attached hydrogen (secondary N) is 1. The second kappa shape index (κ2) is 4.76. The third-order valence-electron chi connectivity index (χ3n) is 5.12. The third-order valence-corrected chi connectivity index (χ3v) is 5.12. The van der Waals surface area contributed by atoms with Crippen molar-refractivity contribution in [2.45, 2.75) is 57.3 Å². The Labute approximate surface area is 119 Å². The molecule has 1 fully saturated rings. The van der Waals surface area contributed by atoms with E-state index in [1.54, 1.807) is 0 Å². The van der Waals surface area contributed by atoms with Crippen LogP contribution in [0.1, 0.15) is 72.5 Å². The first-order chi connectivity index (χ1) is 9.83. The molecule has 2 aliphatic carbocycles. The van der Waals surface area contributed by atoms with Gasteiger partial charge in [0, 0.05) is 17.3 Å². The summed E-state index contributed by atoms with van der Waals surface area (Å²) in [4.78, 5) is 15.4. The lowest BCUT2D eigenvalue weighted by molar-refractivity contribution is 0.0968. The minimum Gasteiger partial charge on any atom is -0.352 e. The molecule has 0 radical (unpaired) electrons. The normalized spacial score (nSPS) is 20.3. The number of benzene rings is 1. The number of aromatic nitrogens is 1. The van der Waals surface area contributed by atoms with E-state index in [9.17, 15) is 4.79 Å². The van der Waals surface area contributed by atoms with Crippen LogP contribution in [0.4, 0.5) is 0 Å². The van der Waals surface area contributed by atoms with Crippen LogP contribution in [0.25, 0.3) is 10.9 Å². The van der Waals surface area contributed by atoms with Crippen LogP contribution in [0.3, 0.4) is 0 Å². The van der Waals surface area contributed by atoms with Crippen LogP contribution in [-0.4, -0.2) is 10.8 Å². The monoisotopic (exact) mass is 267 g/mol. The topological polar surface area (TPSA) is 32.9 Å². The summed E-state index contributed by atoms with van der Waals surface area (Å²) < 4.78 is 0. The number of carbonyl (C=O) groups excluding carboxylic acids is 1. The highest BCUT2D eigenvalue weighted by Crippen LogP contribution is 2.36. The quantitative estimate of drug-likeness (QED) is 0.795. The van der Waals surface area contributed by atoms with Gasteiger partial charge in [-0.15, -0.1) is 0 Å². The summed E-state index contributed by atoms with van der Waals surface area (Å²) in [5.74, 6) is 1.03. The van der Waals surface area contributed by atoms with Crippen molar-refractivity contribution in [3.63, 3.8) is 0 Å². The van der Waals surface area contributed by atoms with E-state index in [0.29, 0.717) is 12.2 Å². The first-order valence-corrected chi connectivity index (χ1v) is 8.00. The zero-order valence-corrected chi connectivity index (χ0v) is 11.9. The van der Waals surface area contributed by atoms with Crippen LogP contribution in [0.15, 0.2) is 18.2 Å². The van der Waals surface area contributed by atoms with Crippen LogP contribution in [0, 0.1) is 0 Å². The van der Waals surface area contributed by atoms with E-state index >= 15 is 0 Å². The van der Waals surface area contributed by atoms with Gasteiger partial charge in [0.25, 0.3) is 0 Å². The molecule has 0 amide bonds. The van der Waals surface area contributed by atoms with Gasteiger partial charge < -0.3 is 4.98 Å². The standard InChI is InChI=1S/C18H21NO/c20-17-8-4-7-14-15-11-13(12-5-2-1-3-6-12)9-10-16(15)19-18(14)17/h9-12,19H,1-8H2. The molecule has 4 rings (SSSR count). The molecule has 0 spiro atoms. The molecule has 0 unspecified atom stereocenters. The molecule has 1 aromatic heterocycles. The second-order valence-electron chi connectivity index (χ2n) is 6.40. The smallest absolute Gasteiger partial charge is 0.179 e. The van der Waals surface area contributed by atoms with E-state index in [2.05, 4.69) is 23.2 Å². The van der Waals surface area contributed by atoms with Crippen molar-refractivity contribution in [3.8, 4) is 0 Å². The van der Waals surface area contributed by atoms with Crippen molar-refractivity contribution < 1.29 is 4.79 Å². The van der Waals surface area contributed by atoms with Gasteiger partial charge in [0.05, 0.1) is 5.69 Å². The Bertz CT molecular complexity index is 661. The predicted molar refractivity (Wildman–Crippen MR) is 81.4 cm³/mol. The Balaban J connectivity index is 1.80. The average Bonchev–Trinajstić information content (AvgIpc) is 2.88. The number of fused-ring (bicyclic) bond motifs is 3. The van der Waals surface area contributed by atoms with E-state index in [1.807, 2.05) is 0 Å². The van der Waals surface area contributed by atoms with Crippen LogP contribution in [0.5, 0.6) is 0 Å². The van der Waals surface area contributed by atoms with Crippen molar-refractivity contribution in [1.29, 1.82) is 0 Å². The summed E-state index contributed by atoms with van der Waals surface area (Å²) in [6.45, 7) is 0. The summed E-state index contributed by atoms with van der Waals surface area (Å²) >= 11 is 0. The molecule has 2 nitrogen and oxygen atoms in total. The summed E-state index contributed by atoms with van der Waals surface area (Å²) in [6, 6.07) is 6.81. The Kier molecular flexibility index (Phi) is 2.90. The lowest BCUT2D eigenvalue weighted by atomic mass is 9.83. The molecule has 2 aliphatic rings. The minimum atomic E-state index is 0.293. The van der Waals surface area contributed by atoms with E-state index < -0.39 is 0 Å². The molecule has 0 bridgehead atoms. The van der Waals surface area contributed by atoms with E-state index in [0.717, 1.165) is 30.0 Å². The Morgan fingerprint density at radius 1 is 1.00 bits per heavy atom. The molecule has 20 heavy (non-hydrogen) atoms. The van der Waals surface area contributed by atoms with Crippen LogP contribution >= 0.6 is 0 Å². The molecule has 1 aromatic carbocycles. The summed E-state index contributed by atoms with van der Waals surface area (Å²) in [5, 5.41) is 1.30. The molecule has 1 heterocycles. The Hall–Kier alpha value is -1.57. The molecular weight excluding hydrogens is 246 g/mol. The van der Waals surface area contributed by atoms with Gasteiger partial charge in [-0.25, -0.2) is 0 Å². The molecule has 0 saturated heterocycles. The van der Waals surface area contributed by atoms with Gasteiger partial charge in [0.1, 0.15) is 0 Å². The van der Waals surface area contributed by atoms with E-state index in [4.69, 9.17) is 0 Å². The van der Waals surface area contributed by atoms with Crippen molar-refractivity contribution in [2.24, 2.45) is 0 Å². The summed E-state index contributed by atoms with van der Waals surface area (Å²) in [5.41, 5.74) is 4.78. The van der Waals surface area contributed by atoms with Gasteiger partial charge in [0.15, 0.2) is 5.78 Å². The first kappa shape index (κ1) is 12.2. The predicted octanol–water partition coefficient (Wildman–Crippen LogP) is 4.73. The minimum absolute atomic E-state index is 0.293. The van der Waals surface area contributed by atoms with Crippen molar-refractivity contribution in [3.05, 3.63) is 35.0 Å². The van der Waals surface area contributed by atoms with Crippen LogP contribution in [0.2, 0.25) is 0 Å². The molecular formula is C18H21NO. The van der Waals surface area contributed by atoms with Gasteiger partial charge in [0.2, 0.25) is 0 Å². The second-order valence-corrected chi connectivity index (χ2v) is 6.40. The number of hydrogen-bond donors (Lipinski definition) is 1. The zero-order chi connectivity index (χ0) is 13.5. The zero-order valence-electron chi connectivity index (χ0n) is 11.9. The van der Waals surface area contributed by atoms with Gasteiger partial charge in [-0.2, -0.15) is 0 Å². The molecule has 1 N–H and O–H groups in total. The Morgan fingerprint density at radius 2 is 1.85 bits per heavy atom. The van der Waals surface area contributed by atoms with Crippen LogP contribution < -0.4 is 0 Å². The number of aromatic amines is 1. The fraction of sp³-hybridized carbons (Fsp3) is 0.500. The average molecular weight is 267 g/mol. The third kappa shape index (κ3) is 1.90. The van der Waals surface area contributed by atoms with E-state index in [1.165, 1.54) is 48.6 Å². The maximum Gasteiger partial charge on any atom is 0.179 e. The van der Waals surface area contributed by atoms with Gasteiger partial charge in [-0.05, 0) is 54.9 Å². The van der Waals surface area contributed by atoms with Crippen LogP contribution in [-0.2, 0) is 6.42 Å². The first-order valence-electron chi connectivity index (χ1n) is 8.00. The SMILES string of the molecule is O=C1CCCc2c1[nH]c1ccc(C3CCCCC3)cc21. The number of Topliss-reactive ketones (excluding diaryl/α,β-unsaturated/α-hetero) is 1. The van der Waals surface area contributed by atoms with Crippen molar-refractivity contribution >= 4 is 16.7 Å². The highest BCUT2D eigenvalue weighted by Gasteiger charge is 2.23. The maximum atomic E-state index is 12.0. The fourth-order valence-electron chi connectivity index (χ4n) is 4.00. The molecule has 2 heteroatoms. The number of rotatable bonds is 1. The molecule has 104 valence electrons. The maximum absolute atomic E-state index is 12.0. The molecule has 0 aliphatic heterocycles. The lowest BCUT2D eigenvalue weighted by Gasteiger charge is -2.22.